The zero-order valence-electron chi connectivity index (χ0n) is 24.2. The standard InChI is InChI=1S/C29H33ClF2N4O7S/c1-16-18(14-36(33-16)20-7-5-4-6-17(20)13-34(2)3)25(43-23(27(40)41)22(37)26(38)39)35-10-8-28(9-11-35)24-19(12-21(30)44-24)29(31,32)15-42-28/h4-7,12,14,22-23,25,37H,8-11,13,15H2,1-3H3,(H,38,39)(H,40,41)/t22-,23-,25?/m1/s1. The number of rotatable bonds is 10. The lowest BCUT2D eigenvalue weighted by atomic mass is 9.84. The molecule has 1 unspecified atom stereocenters. The number of aliphatic hydroxyl groups is 1. The van der Waals surface area contributed by atoms with E-state index in [1.165, 1.54) is 6.07 Å². The number of aromatic nitrogens is 2. The number of piperidine rings is 1. The molecule has 15 heteroatoms. The topological polar surface area (TPSA) is 138 Å². The van der Waals surface area contributed by atoms with Crippen molar-refractivity contribution in [3.63, 3.8) is 0 Å². The number of para-hydroxylation sites is 1. The number of hydrogen-bond donors (Lipinski definition) is 3. The highest BCUT2D eigenvalue weighted by molar-refractivity contribution is 7.16. The van der Waals surface area contributed by atoms with Gasteiger partial charge in [-0.15, -0.1) is 11.3 Å². The fourth-order valence-electron chi connectivity index (χ4n) is 5.77. The number of benzene rings is 1. The van der Waals surface area contributed by atoms with Crippen LogP contribution < -0.4 is 0 Å². The van der Waals surface area contributed by atoms with E-state index in [0.29, 0.717) is 22.7 Å². The largest absolute Gasteiger partial charge is 0.479 e. The molecule has 0 radical (unpaired) electrons. The summed E-state index contributed by atoms with van der Waals surface area (Å²) in [5.74, 6) is -6.59. The van der Waals surface area contributed by atoms with Crippen LogP contribution in [0.25, 0.3) is 5.69 Å². The summed E-state index contributed by atoms with van der Waals surface area (Å²) < 4.78 is 43.0. The van der Waals surface area contributed by atoms with Crippen molar-refractivity contribution in [2.45, 2.75) is 56.3 Å². The van der Waals surface area contributed by atoms with Crippen LogP contribution in [0.2, 0.25) is 4.34 Å². The third-order valence-electron chi connectivity index (χ3n) is 7.96. The van der Waals surface area contributed by atoms with Gasteiger partial charge < -0.3 is 29.7 Å². The number of aryl methyl sites for hydroxylation is 1. The van der Waals surface area contributed by atoms with E-state index >= 15 is 0 Å². The van der Waals surface area contributed by atoms with Crippen LogP contribution in [0.1, 0.15) is 46.3 Å². The number of fused-ring (bicyclic) bond motifs is 2. The number of ether oxygens (including phenoxy) is 2. The van der Waals surface area contributed by atoms with Gasteiger partial charge in [-0.2, -0.15) is 13.9 Å². The molecule has 1 aromatic carbocycles. The van der Waals surface area contributed by atoms with Crippen molar-refractivity contribution >= 4 is 34.9 Å². The summed E-state index contributed by atoms with van der Waals surface area (Å²) in [6.07, 6.45) is -3.39. The zero-order chi connectivity index (χ0) is 32.0. The molecule has 44 heavy (non-hydrogen) atoms. The normalized spacial score (nSPS) is 19.9. The van der Waals surface area contributed by atoms with Gasteiger partial charge in [-0.05, 0) is 51.6 Å². The summed E-state index contributed by atoms with van der Waals surface area (Å²) >= 11 is 7.20. The van der Waals surface area contributed by atoms with Crippen molar-refractivity contribution in [3.05, 3.63) is 68.1 Å². The number of nitrogens with zero attached hydrogens (tertiary/aromatic N) is 4. The summed E-state index contributed by atoms with van der Waals surface area (Å²) in [7, 11) is 3.88. The van der Waals surface area contributed by atoms with Gasteiger partial charge in [0.2, 0.25) is 0 Å². The molecule has 4 heterocycles. The third-order valence-corrected chi connectivity index (χ3v) is 9.41. The first-order chi connectivity index (χ1) is 20.7. The fraction of sp³-hybridized carbons (Fsp3) is 0.483. The van der Waals surface area contributed by atoms with Crippen molar-refractivity contribution in [1.82, 2.24) is 19.6 Å². The number of carboxylic acids is 2. The van der Waals surface area contributed by atoms with E-state index in [-0.39, 0.29) is 35.8 Å². The van der Waals surface area contributed by atoms with Crippen LogP contribution in [-0.4, -0.2) is 92.8 Å². The number of halogens is 3. The summed E-state index contributed by atoms with van der Waals surface area (Å²) in [5, 5.41) is 34.1. The van der Waals surface area contributed by atoms with Crippen LogP contribution in [0, 0.1) is 6.92 Å². The van der Waals surface area contributed by atoms with Gasteiger partial charge in [0.15, 0.2) is 12.2 Å². The number of alkyl halides is 2. The van der Waals surface area contributed by atoms with Gasteiger partial charge in [-0.25, -0.2) is 14.3 Å². The molecule has 0 amide bonds. The highest BCUT2D eigenvalue weighted by atomic mass is 35.5. The van der Waals surface area contributed by atoms with Gasteiger partial charge in [0.25, 0.3) is 5.92 Å². The van der Waals surface area contributed by atoms with E-state index in [1.807, 2.05) is 43.3 Å². The Hall–Kier alpha value is -2.98. The van der Waals surface area contributed by atoms with Crippen molar-refractivity contribution < 1.29 is 43.2 Å². The van der Waals surface area contributed by atoms with Crippen molar-refractivity contribution in [1.29, 1.82) is 0 Å². The van der Waals surface area contributed by atoms with E-state index in [2.05, 4.69) is 5.10 Å². The molecule has 1 spiro atoms. The van der Waals surface area contributed by atoms with Crippen LogP contribution in [0.15, 0.2) is 36.5 Å². The Morgan fingerprint density at radius 2 is 1.89 bits per heavy atom. The quantitative estimate of drug-likeness (QED) is 0.294. The van der Waals surface area contributed by atoms with Crippen LogP contribution >= 0.6 is 22.9 Å². The van der Waals surface area contributed by atoms with Crippen LogP contribution in [0.5, 0.6) is 0 Å². The summed E-state index contributed by atoms with van der Waals surface area (Å²) in [4.78, 5) is 27.8. The Morgan fingerprint density at radius 1 is 1.20 bits per heavy atom. The highest BCUT2D eigenvalue weighted by Crippen LogP contribution is 2.53. The van der Waals surface area contributed by atoms with Crippen LogP contribution in [-0.2, 0) is 37.1 Å². The molecule has 1 saturated heterocycles. The maximum atomic E-state index is 14.7. The van der Waals surface area contributed by atoms with E-state index in [9.17, 15) is 33.7 Å². The van der Waals surface area contributed by atoms with Crippen molar-refractivity contribution in [3.8, 4) is 5.69 Å². The third kappa shape index (κ3) is 6.25. The Kier molecular flexibility index (Phi) is 9.16. The lowest BCUT2D eigenvalue weighted by Gasteiger charge is -2.47. The van der Waals surface area contributed by atoms with Gasteiger partial charge >= 0.3 is 11.9 Å². The maximum absolute atomic E-state index is 14.7. The average molecular weight is 655 g/mol. The maximum Gasteiger partial charge on any atom is 0.336 e. The molecule has 2 aromatic heterocycles. The predicted molar refractivity (Wildman–Crippen MR) is 156 cm³/mol. The molecule has 238 valence electrons. The van der Waals surface area contributed by atoms with E-state index in [4.69, 9.17) is 21.1 Å². The Bertz CT molecular complexity index is 1540. The van der Waals surface area contributed by atoms with Gasteiger partial charge in [0, 0.05) is 41.8 Å². The molecule has 2 aliphatic heterocycles. The van der Waals surface area contributed by atoms with Gasteiger partial charge in [0.1, 0.15) is 18.4 Å². The molecule has 0 aliphatic carbocycles. The van der Waals surface area contributed by atoms with Gasteiger partial charge in [0.05, 0.1) is 15.7 Å². The Labute approximate surface area is 261 Å². The number of aliphatic carboxylic acids is 2. The second kappa shape index (κ2) is 12.4. The number of hydrogen-bond acceptors (Lipinski definition) is 9. The summed E-state index contributed by atoms with van der Waals surface area (Å²) in [5.41, 5.74) is 1.54. The Morgan fingerprint density at radius 3 is 2.52 bits per heavy atom. The molecule has 1 fully saturated rings. The number of thiophene rings is 1. The van der Waals surface area contributed by atoms with Gasteiger partial charge in [-0.1, -0.05) is 29.8 Å². The monoisotopic (exact) mass is 654 g/mol. The minimum Gasteiger partial charge on any atom is -0.479 e. The second-order valence-corrected chi connectivity index (χ2v) is 13.0. The SMILES string of the molecule is Cc1nn(-c2ccccc2CN(C)C)cc1C(O[C@@H](C(=O)O)[C@@H](O)C(=O)O)N1CCC2(CC1)OCC(F)(F)c1cc(Cl)sc12. The predicted octanol–water partition coefficient (Wildman–Crippen LogP) is 3.98. The minimum atomic E-state index is -3.18. The molecule has 3 atom stereocenters. The Balaban J connectivity index is 1.50. The van der Waals surface area contributed by atoms with Gasteiger partial charge in [-0.3, -0.25) is 4.90 Å². The zero-order valence-corrected chi connectivity index (χ0v) is 25.8. The second-order valence-electron chi connectivity index (χ2n) is 11.3. The molecule has 0 saturated carbocycles. The number of carbonyl (C=O) groups is 2. The molecular weight excluding hydrogens is 622 g/mol. The van der Waals surface area contributed by atoms with Crippen molar-refractivity contribution in [2.24, 2.45) is 0 Å². The van der Waals surface area contributed by atoms with Crippen molar-refractivity contribution in [2.75, 3.05) is 33.8 Å². The number of likely N-dealkylation sites (tertiary alicyclic amines) is 1. The summed E-state index contributed by atoms with van der Waals surface area (Å²) in [6, 6.07) is 8.91. The molecule has 2 aliphatic rings. The lowest BCUT2D eigenvalue weighted by molar-refractivity contribution is -0.206. The fourth-order valence-corrected chi connectivity index (χ4v) is 7.25. The van der Waals surface area contributed by atoms with E-state index < -0.39 is 48.5 Å². The molecular formula is C29H33ClF2N4O7S. The lowest BCUT2D eigenvalue weighted by Crippen LogP contribution is -2.51. The number of carboxylic acid groups (broad SMARTS) is 2. The molecule has 3 N–H and O–H groups in total. The molecule has 5 rings (SSSR count). The first kappa shape index (κ1) is 32.4. The average Bonchev–Trinajstić information content (AvgIpc) is 3.55. The van der Waals surface area contributed by atoms with Crippen LogP contribution in [0.4, 0.5) is 8.78 Å². The smallest absolute Gasteiger partial charge is 0.336 e. The van der Waals surface area contributed by atoms with Crippen LogP contribution in [0.3, 0.4) is 0 Å². The summed E-state index contributed by atoms with van der Waals surface area (Å²) in [6.45, 7) is 1.97. The molecule has 3 aromatic rings. The first-order valence-corrected chi connectivity index (χ1v) is 15.1. The number of aliphatic hydroxyl groups excluding tert-OH is 1. The highest BCUT2D eigenvalue weighted by Gasteiger charge is 2.52. The van der Waals surface area contributed by atoms with E-state index in [1.54, 1.807) is 22.7 Å². The minimum absolute atomic E-state index is 0.149. The van der Waals surface area contributed by atoms with E-state index in [0.717, 1.165) is 22.6 Å². The molecule has 0 bridgehead atoms. The molecule has 11 nitrogen and oxygen atoms in total. The first-order valence-electron chi connectivity index (χ1n) is 13.9.